The van der Waals surface area contributed by atoms with Crippen molar-refractivity contribution in [1.29, 1.82) is 5.26 Å². The molecule has 2 fully saturated rings. The monoisotopic (exact) mass is 311 g/mol. The zero-order valence-electron chi connectivity index (χ0n) is 14.1. The minimum absolute atomic E-state index is 0.124. The average Bonchev–Trinajstić information content (AvgIpc) is 2.78. The van der Waals surface area contributed by atoms with Crippen LogP contribution in [0.2, 0.25) is 0 Å². The van der Waals surface area contributed by atoms with Gasteiger partial charge in [0.15, 0.2) is 0 Å². The maximum absolute atomic E-state index is 12.3. The Morgan fingerprint density at radius 2 is 1.91 bits per heavy atom. The first-order valence-electron chi connectivity index (χ1n) is 8.71. The summed E-state index contributed by atoms with van der Waals surface area (Å²) < 4.78 is 2.41. The highest BCUT2D eigenvalue weighted by molar-refractivity contribution is 6.02. The zero-order chi connectivity index (χ0) is 16.4. The van der Waals surface area contributed by atoms with E-state index in [1.54, 1.807) is 11.0 Å². The molecule has 0 radical (unpaired) electrons. The third-order valence-corrected chi connectivity index (χ3v) is 5.26. The van der Waals surface area contributed by atoms with Crippen LogP contribution in [-0.2, 0) is 4.79 Å². The molecule has 0 spiro atoms. The van der Waals surface area contributed by atoms with E-state index in [2.05, 4.69) is 30.6 Å². The number of amides is 1. The van der Waals surface area contributed by atoms with Crippen molar-refractivity contribution in [2.45, 2.75) is 58.4 Å². The van der Waals surface area contributed by atoms with Crippen LogP contribution >= 0.6 is 0 Å². The number of likely N-dealkylation sites (tertiary alicyclic amines) is 1. The fourth-order valence-corrected chi connectivity index (χ4v) is 3.84. The van der Waals surface area contributed by atoms with Crippen molar-refractivity contribution in [3.05, 3.63) is 28.6 Å². The second-order valence-electron chi connectivity index (χ2n) is 6.80. The Labute approximate surface area is 138 Å². The third-order valence-electron chi connectivity index (χ3n) is 5.26. The van der Waals surface area contributed by atoms with Gasteiger partial charge in [0.2, 0.25) is 0 Å². The minimum atomic E-state index is -0.124. The van der Waals surface area contributed by atoms with E-state index in [1.807, 2.05) is 0 Å². The van der Waals surface area contributed by atoms with Crippen LogP contribution in [0.15, 0.2) is 11.6 Å². The number of aryl methyl sites for hydroxylation is 1. The number of hydrogen-bond acceptors (Lipinski definition) is 2. The first-order chi connectivity index (χ1) is 11.1. The van der Waals surface area contributed by atoms with Gasteiger partial charge in [-0.1, -0.05) is 19.3 Å². The first kappa shape index (κ1) is 15.9. The molecule has 122 valence electrons. The van der Waals surface area contributed by atoms with Crippen LogP contribution in [0.5, 0.6) is 0 Å². The Hall–Kier alpha value is -2.02. The number of nitriles is 1. The lowest BCUT2D eigenvalue weighted by molar-refractivity contribution is -0.129. The summed E-state index contributed by atoms with van der Waals surface area (Å²) in [7, 11) is 0. The molecule has 1 aliphatic carbocycles. The molecule has 2 aliphatic rings. The Bertz CT molecular complexity index is 668. The van der Waals surface area contributed by atoms with Crippen LogP contribution < -0.4 is 0 Å². The Kier molecular flexibility index (Phi) is 4.56. The van der Waals surface area contributed by atoms with Gasteiger partial charge in [-0.3, -0.25) is 4.79 Å². The predicted octanol–water partition coefficient (Wildman–Crippen LogP) is 3.75. The van der Waals surface area contributed by atoms with Gasteiger partial charge in [-0.15, -0.1) is 0 Å². The molecule has 1 saturated heterocycles. The Morgan fingerprint density at radius 1 is 1.22 bits per heavy atom. The van der Waals surface area contributed by atoms with E-state index < -0.39 is 0 Å². The molecule has 1 aromatic rings. The predicted molar refractivity (Wildman–Crippen MR) is 90.8 cm³/mol. The SMILES string of the molecule is Cc1cc(/C=C(/C#N)C(=O)N2CCC2)c(C)n1C1CCCCC1. The van der Waals surface area contributed by atoms with Gasteiger partial charge < -0.3 is 9.47 Å². The number of hydrogen-bond donors (Lipinski definition) is 0. The van der Waals surface area contributed by atoms with Gasteiger partial charge in [0.25, 0.3) is 5.91 Å². The van der Waals surface area contributed by atoms with Crippen molar-refractivity contribution in [3.8, 4) is 6.07 Å². The van der Waals surface area contributed by atoms with Gasteiger partial charge in [-0.05, 0) is 50.8 Å². The molecule has 0 N–H and O–H groups in total. The van der Waals surface area contributed by atoms with E-state index in [4.69, 9.17) is 0 Å². The van der Waals surface area contributed by atoms with Crippen molar-refractivity contribution < 1.29 is 4.79 Å². The smallest absolute Gasteiger partial charge is 0.264 e. The van der Waals surface area contributed by atoms with E-state index in [0.29, 0.717) is 6.04 Å². The van der Waals surface area contributed by atoms with Crippen LogP contribution in [0.25, 0.3) is 6.08 Å². The molecule has 1 aromatic heterocycles. The Morgan fingerprint density at radius 3 is 2.48 bits per heavy atom. The molecular weight excluding hydrogens is 286 g/mol. The fraction of sp³-hybridized carbons (Fsp3) is 0.579. The summed E-state index contributed by atoms with van der Waals surface area (Å²) in [5, 5.41) is 9.37. The van der Waals surface area contributed by atoms with Gasteiger partial charge in [0.1, 0.15) is 11.6 Å². The molecular formula is C19H25N3O. The van der Waals surface area contributed by atoms with Crippen LogP contribution in [-0.4, -0.2) is 28.5 Å². The highest BCUT2D eigenvalue weighted by Crippen LogP contribution is 2.32. The molecule has 0 bridgehead atoms. The van der Waals surface area contributed by atoms with Crippen LogP contribution in [0.1, 0.15) is 61.5 Å². The largest absolute Gasteiger partial charge is 0.346 e. The maximum atomic E-state index is 12.3. The first-order valence-corrected chi connectivity index (χ1v) is 8.71. The molecule has 0 atom stereocenters. The molecule has 23 heavy (non-hydrogen) atoms. The molecule has 0 aromatic carbocycles. The second kappa shape index (κ2) is 6.62. The van der Waals surface area contributed by atoms with E-state index in [0.717, 1.165) is 25.1 Å². The molecule has 4 nitrogen and oxygen atoms in total. The van der Waals surface area contributed by atoms with E-state index in [-0.39, 0.29) is 11.5 Å². The van der Waals surface area contributed by atoms with Crippen molar-refractivity contribution >= 4 is 12.0 Å². The van der Waals surface area contributed by atoms with E-state index in [1.165, 1.54) is 43.5 Å². The molecule has 0 unspecified atom stereocenters. The zero-order valence-corrected chi connectivity index (χ0v) is 14.1. The average molecular weight is 311 g/mol. The summed E-state index contributed by atoms with van der Waals surface area (Å²) in [5.41, 5.74) is 3.68. The molecule has 1 aliphatic heterocycles. The molecule has 3 rings (SSSR count). The normalized spacial score (nSPS) is 19.3. The highest BCUT2D eigenvalue weighted by atomic mass is 16.2. The second-order valence-corrected chi connectivity index (χ2v) is 6.80. The van der Waals surface area contributed by atoms with Crippen molar-refractivity contribution in [3.63, 3.8) is 0 Å². The lowest BCUT2D eigenvalue weighted by Crippen LogP contribution is -2.42. The van der Waals surface area contributed by atoms with Crippen LogP contribution in [0, 0.1) is 25.2 Å². The summed E-state index contributed by atoms with van der Waals surface area (Å²) in [6.07, 6.45) is 9.22. The van der Waals surface area contributed by atoms with Gasteiger partial charge >= 0.3 is 0 Å². The number of carbonyl (C=O) groups is 1. The summed E-state index contributed by atoms with van der Waals surface area (Å²) in [6, 6.07) is 4.78. The number of nitrogens with zero attached hydrogens (tertiary/aromatic N) is 3. The lowest BCUT2D eigenvalue weighted by atomic mass is 9.95. The number of aromatic nitrogens is 1. The number of rotatable bonds is 3. The highest BCUT2D eigenvalue weighted by Gasteiger charge is 2.24. The van der Waals surface area contributed by atoms with Crippen molar-refractivity contribution in [2.24, 2.45) is 0 Å². The van der Waals surface area contributed by atoms with Gasteiger partial charge in [0.05, 0.1) is 0 Å². The fourth-order valence-electron chi connectivity index (χ4n) is 3.84. The summed E-state index contributed by atoms with van der Waals surface area (Å²) in [4.78, 5) is 14.0. The topological polar surface area (TPSA) is 49.0 Å². The van der Waals surface area contributed by atoms with Crippen molar-refractivity contribution in [2.75, 3.05) is 13.1 Å². The van der Waals surface area contributed by atoms with Gasteiger partial charge in [-0.2, -0.15) is 5.26 Å². The number of carbonyl (C=O) groups excluding carboxylic acids is 1. The van der Waals surface area contributed by atoms with Crippen molar-refractivity contribution in [1.82, 2.24) is 9.47 Å². The van der Waals surface area contributed by atoms with Gasteiger partial charge in [0, 0.05) is 30.5 Å². The summed E-state index contributed by atoms with van der Waals surface area (Å²) in [5.74, 6) is -0.124. The molecule has 1 saturated carbocycles. The summed E-state index contributed by atoms with van der Waals surface area (Å²) in [6.45, 7) is 5.79. The molecule has 1 amide bonds. The van der Waals surface area contributed by atoms with Crippen LogP contribution in [0.4, 0.5) is 0 Å². The molecule has 2 heterocycles. The van der Waals surface area contributed by atoms with E-state index >= 15 is 0 Å². The third kappa shape index (κ3) is 3.06. The van der Waals surface area contributed by atoms with Crippen LogP contribution in [0.3, 0.4) is 0 Å². The minimum Gasteiger partial charge on any atom is -0.346 e. The lowest BCUT2D eigenvalue weighted by Gasteiger charge is -2.30. The molecule has 4 heteroatoms. The quantitative estimate of drug-likeness (QED) is 0.630. The van der Waals surface area contributed by atoms with E-state index in [9.17, 15) is 10.1 Å². The van der Waals surface area contributed by atoms with Gasteiger partial charge in [-0.25, -0.2) is 0 Å². The standard InChI is InChI=1S/C19H25N3O/c1-14-11-16(12-17(13-20)19(23)21-9-6-10-21)15(2)22(14)18-7-4-3-5-8-18/h11-12,18H,3-10H2,1-2H3/b17-12-. The Balaban J connectivity index is 1.89. The maximum Gasteiger partial charge on any atom is 0.264 e. The summed E-state index contributed by atoms with van der Waals surface area (Å²) >= 11 is 0.